The third-order valence-electron chi connectivity index (χ3n) is 4.90. The number of rotatable bonds is 3. The zero-order chi connectivity index (χ0) is 15.8. The highest BCUT2D eigenvalue weighted by Crippen LogP contribution is 2.34. The van der Waals surface area contributed by atoms with E-state index in [0.29, 0.717) is 5.92 Å². The van der Waals surface area contributed by atoms with Crippen molar-refractivity contribution in [3.8, 4) is 0 Å². The Balaban J connectivity index is 1.39. The maximum Gasteiger partial charge on any atom is 0.266 e. The minimum absolute atomic E-state index is 0.00868. The maximum absolute atomic E-state index is 11.9. The van der Waals surface area contributed by atoms with Gasteiger partial charge in [0.1, 0.15) is 0 Å². The summed E-state index contributed by atoms with van der Waals surface area (Å²) >= 11 is 1.89. The van der Waals surface area contributed by atoms with Gasteiger partial charge in [-0.3, -0.25) is 4.79 Å². The van der Waals surface area contributed by atoms with E-state index < -0.39 is 0 Å². The Kier molecular flexibility index (Phi) is 3.93. The van der Waals surface area contributed by atoms with Crippen LogP contribution in [-0.2, 0) is 19.4 Å². The number of aryl methyl sites for hydroxylation is 3. The molecule has 1 saturated heterocycles. The molecule has 0 N–H and O–H groups in total. The van der Waals surface area contributed by atoms with Gasteiger partial charge < -0.3 is 4.90 Å². The SMILES string of the molecule is Cc1ccc(=O)n(CC2CCN(c3nc4c(s3)CCC4)CC2)n1. The average molecular weight is 330 g/mol. The van der Waals surface area contributed by atoms with E-state index >= 15 is 0 Å². The second-order valence-corrected chi connectivity index (χ2v) is 7.71. The second-order valence-electron chi connectivity index (χ2n) is 6.65. The van der Waals surface area contributed by atoms with Gasteiger partial charge in [-0.2, -0.15) is 5.10 Å². The Bertz CT molecular complexity index is 737. The van der Waals surface area contributed by atoms with Crippen LogP contribution in [0.3, 0.4) is 0 Å². The molecule has 122 valence electrons. The van der Waals surface area contributed by atoms with E-state index in [2.05, 4.69) is 10.00 Å². The molecule has 0 unspecified atom stereocenters. The minimum atomic E-state index is 0.00868. The number of aromatic nitrogens is 3. The molecule has 5 nitrogen and oxygen atoms in total. The summed E-state index contributed by atoms with van der Waals surface area (Å²) in [5, 5.41) is 5.57. The number of thiazole rings is 1. The summed E-state index contributed by atoms with van der Waals surface area (Å²) in [5.74, 6) is 0.532. The number of anilines is 1. The van der Waals surface area contributed by atoms with Crippen LogP contribution >= 0.6 is 11.3 Å². The molecule has 0 aromatic carbocycles. The topological polar surface area (TPSA) is 51.0 Å². The van der Waals surface area contributed by atoms with Gasteiger partial charge in [-0.05, 0) is 51.0 Å². The molecule has 4 rings (SSSR count). The van der Waals surface area contributed by atoms with Crippen LogP contribution in [0.1, 0.15) is 35.5 Å². The van der Waals surface area contributed by atoms with E-state index in [-0.39, 0.29) is 5.56 Å². The monoisotopic (exact) mass is 330 g/mol. The Hall–Kier alpha value is -1.69. The summed E-state index contributed by atoms with van der Waals surface area (Å²) in [6, 6.07) is 3.40. The quantitative estimate of drug-likeness (QED) is 0.867. The number of piperidine rings is 1. The van der Waals surface area contributed by atoms with E-state index in [1.807, 2.05) is 18.3 Å². The van der Waals surface area contributed by atoms with Crippen LogP contribution < -0.4 is 10.5 Å². The van der Waals surface area contributed by atoms with Crippen molar-refractivity contribution in [3.63, 3.8) is 0 Å². The highest BCUT2D eigenvalue weighted by atomic mass is 32.1. The fraction of sp³-hybridized carbons (Fsp3) is 0.588. The molecular formula is C17H22N4OS. The van der Waals surface area contributed by atoms with Gasteiger partial charge in [-0.1, -0.05) is 0 Å². The van der Waals surface area contributed by atoms with E-state index in [1.165, 1.54) is 28.5 Å². The van der Waals surface area contributed by atoms with E-state index in [9.17, 15) is 4.79 Å². The molecule has 2 aromatic rings. The van der Waals surface area contributed by atoms with Gasteiger partial charge in [0, 0.05) is 30.6 Å². The van der Waals surface area contributed by atoms with Crippen LogP contribution in [0, 0.1) is 12.8 Å². The third kappa shape index (κ3) is 3.04. The molecule has 23 heavy (non-hydrogen) atoms. The lowest BCUT2D eigenvalue weighted by Crippen LogP contribution is -2.36. The number of hydrogen-bond donors (Lipinski definition) is 0. The van der Waals surface area contributed by atoms with Gasteiger partial charge in [0.2, 0.25) is 0 Å². The zero-order valence-corrected chi connectivity index (χ0v) is 14.3. The van der Waals surface area contributed by atoms with Gasteiger partial charge in [-0.15, -0.1) is 11.3 Å². The van der Waals surface area contributed by atoms with Crippen molar-refractivity contribution in [2.45, 2.75) is 45.6 Å². The Morgan fingerprint density at radius 2 is 2.09 bits per heavy atom. The summed E-state index contributed by atoms with van der Waals surface area (Å²) in [6.07, 6.45) is 5.85. The molecule has 2 aromatic heterocycles. The normalized spacial score (nSPS) is 18.4. The predicted octanol–water partition coefficient (Wildman–Crippen LogP) is 2.41. The molecule has 0 bridgehead atoms. The Morgan fingerprint density at radius 1 is 1.26 bits per heavy atom. The van der Waals surface area contributed by atoms with E-state index in [1.54, 1.807) is 16.8 Å². The molecule has 1 aliphatic carbocycles. The lowest BCUT2D eigenvalue weighted by Gasteiger charge is -2.31. The van der Waals surface area contributed by atoms with Gasteiger partial charge >= 0.3 is 0 Å². The first-order valence-corrected chi connectivity index (χ1v) is 9.29. The predicted molar refractivity (Wildman–Crippen MR) is 92.3 cm³/mol. The van der Waals surface area contributed by atoms with Crippen LogP contribution in [0.15, 0.2) is 16.9 Å². The van der Waals surface area contributed by atoms with Crippen molar-refractivity contribution in [3.05, 3.63) is 38.8 Å². The van der Waals surface area contributed by atoms with E-state index in [0.717, 1.165) is 44.6 Å². The van der Waals surface area contributed by atoms with Crippen LogP contribution in [0.2, 0.25) is 0 Å². The lowest BCUT2D eigenvalue weighted by molar-refractivity contribution is 0.334. The van der Waals surface area contributed by atoms with E-state index in [4.69, 9.17) is 4.98 Å². The van der Waals surface area contributed by atoms with Gasteiger partial charge in [0.15, 0.2) is 5.13 Å². The fourth-order valence-corrected chi connectivity index (χ4v) is 4.74. The van der Waals surface area contributed by atoms with Crippen LogP contribution in [0.4, 0.5) is 5.13 Å². The molecule has 6 heteroatoms. The lowest BCUT2D eigenvalue weighted by atomic mass is 9.97. The average Bonchev–Trinajstić information content (AvgIpc) is 3.13. The van der Waals surface area contributed by atoms with Crippen LogP contribution in [0.25, 0.3) is 0 Å². The number of fused-ring (bicyclic) bond motifs is 1. The first kappa shape index (κ1) is 14.9. The summed E-state index contributed by atoms with van der Waals surface area (Å²) in [7, 11) is 0. The maximum atomic E-state index is 11.9. The number of hydrogen-bond acceptors (Lipinski definition) is 5. The smallest absolute Gasteiger partial charge is 0.266 e. The molecule has 0 spiro atoms. The molecule has 1 fully saturated rings. The Labute approximate surface area is 140 Å². The zero-order valence-electron chi connectivity index (χ0n) is 13.5. The molecule has 2 aliphatic rings. The molecule has 0 saturated carbocycles. The summed E-state index contributed by atoms with van der Waals surface area (Å²) in [4.78, 5) is 20.6. The fourth-order valence-electron chi connectivity index (χ4n) is 3.55. The second kappa shape index (κ2) is 6.07. The highest BCUT2D eigenvalue weighted by molar-refractivity contribution is 7.15. The minimum Gasteiger partial charge on any atom is -0.348 e. The summed E-state index contributed by atoms with van der Waals surface area (Å²) in [5.41, 5.74) is 2.25. The van der Waals surface area contributed by atoms with Crippen LogP contribution in [0.5, 0.6) is 0 Å². The largest absolute Gasteiger partial charge is 0.348 e. The van der Waals surface area contributed by atoms with Crippen LogP contribution in [-0.4, -0.2) is 27.9 Å². The van der Waals surface area contributed by atoms with Crippen molar-refractivity contribution in [2.75, 3.05) is 18.0 Å². The van der Waals surface area contributed by atoms with Crippen molar-refractivity contribution in [1.82, 2.24) is 14.8 Å². The summed E-state index contributed by atoms with van der Waals surface area (Å²) in [6.45, 7) is 4.75. The molecule has 3 heterocycles. The molecule has 0 radical (unpaired) electrons. The molecule has 1 aliphatic heterocycles. The third-order valence-corrected chi connectivity index (χ3v) is 6.12. The van der Waals surface area contributed by atoms with Gasteiger partial charge in [0.25, 0.3) is 5.56 Å². The van der Waals surface area contributed by atoms with Gasteiger partial charge in [-0.25, -0.2) is 9.67 Å². The summed E-state index contributed by atoms with van der Waals surface area (Å²) < 4.78 is 1.63. The van der Waals surface area contributed by atoms with Crippen molar-refractivity contribution in [2.24, 2.45) is 5.92 Å². The van der Waals surface area contributed by atoms with Crippen molar-refractivity contribution in [1.29, 1.82) is 0 Å². The molecule has 0 atom stereocenters. The Morgan fingerprint density at radius 3 is 2.87 bits per heavy atom. The van der Waals surface area contributed by atoms with Crippen molar-refractivity contribution >= 4 is 16.5 Å². The molecule has 0 amide bonds. The first-order valence-electron chi connectivity index (χ1n) is 8.47. The number of nitrogens with zero attached hydrogens (tertiary/aromatic N) is 4. The van der Waals surface area contributed by atoms with Gasteiger partial charge in [0.05, 0.1) is 11.4 Å². The van der Waals surface area contributed by atoms with Crippen molar-refractivity contribution < 1.29 is 0 Å². The standard InChI is InChI=1S/C17H22N4OS/c1-12-5-6-16(22)21(19-12)11-13-7-9-20(10-8-13)17-18-14-3-2-4-15(14)23-17/h5-6,13H,2-4,7-11H2,1H3. The molecular weight excluding hydrogens is 308 g/mol. The highest BCUT2D eigenvalue weighted by Gasteiger charge is 2.24. The first-order chi connectivity index (χ1) is 11.2.